The molecule has 1 amide bonds. The molecule has 6 nitrogen and oxygen atoms in total. The Balaban J connectivity index is 1.22. The van der Waals surface area contributed by atoms with E-state index >= 15 is 0 Å². The molecule has 3 aromatic carbocycles. The van der Waals surface area contributed by atoms with Crippen LogP contribution in [0.5, 0.6) is 5.75 Å². The van der Waals surface area contributed by atoms with Gasteiger partial charge in [0.1, 0.15) is 24.0 Å². The number of nitrogens with zero attached hydrogens (tertiary/aromatic N) is 1. The summed E-state index contributed by atoms with van der Waals surface area (Å²) >= 11 is 0. The molecule has 4 rings (SSSR count). The van der Waals surface area contributed by atoms with E-state index in [-0.39, 0.29) is 35.6 Å². The lowest BCUT2D eigenvalue weighted by Gasteiger charge is -2.30. The van der Waals surface area contributed by atoms with Crippen molar-refractivity contribution in [2.45, 2.75) is 30.9 Å². The Labute approximate surface area is 203 Å². The molecule has 0 bridgehead atoms. The predicted molar refractivity (Wildman–Crippen MR) is 127 cm³/mol. The maximum absolute atomic E-state index is 13.1. The van der Waals surface area contributed by atoms with E-state index in [4.69, 9.17) is 4.74 Å². The van der Waals surface area contributed by atoms with Gasteiger partial charge in [0.2, 0.25) is 15.9 Å². The number of carbonyl (C=O) groups is 1. The van der Waals surface area contributed by atoms with E-state index in [1.165, 1.54) is 28.6 Å². The Morgan fingerprint density at radius 3 is 2.00 bits per heavy atom. The summed E-state index contributed by atoms with van der Waals surface area (Å²) in [6, 6.07) is 18.2. The average Bonchev–Trinajstić information content (AvgIpc) is 2.88. The Morgan fingerprint density at radius 1 is 0.857 bits per heavy atom. The molecule has 1 saturated heterocycles. The van der Waals surface area contributed by atoms with Gasteiger partial charge in [-0.2, -0.15) is 4.31 Å². The van der Waals surface area contributed by atoms with Crippen molar-refractivity contribution in [2.24, 2.45) is 5.92 Å². The van der Waals surface area contributed by atoms with Crippen LogP contribution in [0, 0.1) is 17.6 Å². The first-order chi connectivity index (χ1) is 16.8. The second-order valence-electron chi connectivity index (χ2n) is 8.41. The number of sulfonamides is 1. The summed E-state index contributed by atoms with van der Waals surface area (Å²) in [4.78, 5) is 12.7. The van der Waals surface area contributed by atoms with Crippen molar-refractivity contribution in [1.29, 1.82) is 0 Å². The summed E-state index contributed by atoms with van der Waals surface area (Å²) in [6.45, 7) is 1.15. The van der Waals surface area contributed by atoms with Crippen LogP contribution in [-0.4, -0.2) is 31.7 Å². The van der Waals surface area contributed by atoms with Gasteiger partial charge in [-0.15, -0.1) is 0 Å². The molecule has 1 heterocycles. The Morgan fingerprint density at radius 2 is 1.40 bits per heavy atom. The molecule has 184 valence electrons. The van der Waals surface area contributed by atoms with Gasteiger partial charge >= 0.3 is 0 Å². The normalized spacial score (nSPS) is 15.0. The molecule has 0 spiro atoms. The third kappa shape index (κ3) is 6.43. The predicted octanol–water partition coefficient (Wildman–Crippen LogP) is 4.26. The van der Waals surface area contributed by atoms with Gasteiger partial charge < -0.3 is 10.1 Å². The van der Waals surface area contributed by atoms with Gasteiger partial charge in [-0.05, 0) is 72.5 Å². The fourth-order valence-electron chi connectivity index (χ4n) is 3.90. The zero-order valence-electron chi connectivity index (χ0n) is 19.0. The van der Waals surface area contributed by atoms with Crippen LogP contribution < -0.4 is 10.1 Å². The van der Waals surface area contributed by atoms with E-state index in [0.29, 0.717) is 31.7 Å². The van der Waals surface area contributed by atoms with E-state index in [2.05, 4.69) is 5.32 Å². The number of rotatable bonds is 8. The minimum atomic E-state index is -3.71. The second-order valence-corrected chi connectivity index (χ2v) is 10.3. The van der Waals surface area contributed by atoms with Crippen LogP contribution in [0.4, 0.5) is 8.78 Å². The third-order valence-corrected chi connectivity index (χ3v) is 7.90. The number of benzene rings is 3. The lowest BCUT2D eigenvalue weighted by Crippen LogP contribution is -2.42. The first-order valence-corrected chi connectivity index (χ1v) is 12.7. The van der Waals surface area contributed by atoms with Gasteiger partial charge in [0, 0.05) is 25.6 Å². The highest BCUT2D eigenvalue weighted by Gasteiger charge is 2.32. The van der Waals surface area contributed by atoms with Gasteiger partial charge in [0.05, 0.1) is 4.90 Å². The molecule has 0 radical (unpaired) electrons. The number of nitrogens with one attached hydrogen (secondary N) is 1. The number of ether oxygens (including phenoxy) is 1. The number of halogens is 2. The van der Waals surface area contributed by atoms with Gasteiger partial charge in [0.25, 0.3) is 0 Å². The lowest BCUT2D eigenvalue weighted by atomic mass is 9.97. The van der Waals surface area contributed by atoms with Gasteiger partial charge in [0.15, 0.2) is 0 Å². The number of hydrogen-bond acceptors (Lipinski definition) is 4. The van der Waals surface area contributed by atoms with Crippen LogP contribution >= 0.6 is 0 Å². The van der Waals surface area contributed by atoms with Gasteiger partial charge in [-0.3, -0.25) is 4.79 Å². The smallest absolute Gasteiger partial charge is 0.243 e. The van der Waals surface area contributed by atoms with E-state index in [9.17, 15) is 22.0 Å². The number of carbonyl (C=O) groups excluding carboxylic acids is 1. The Hall–Kier alpha value is -3.30. The summed E-state index contributed by atoms with van der Waals surface area (Å²) in [7, 11) is -3.71. The summed E-state index contributed by atoms with van der Waals surface area (Å²) in [5.41, 5.74) is 1.77. The zero-order chi connectivity index (χ0) is 24.8. The largest absolute Gasteiger partial charge is 0.489 e. The van der Waals surface area contributed by atoms with E-state index in [0.717, 1.165) is 23.3 Å². The summed E-state index contributed by atoms with van der Waals surface area (Å²) in [5, 5.41) is 2.92. The standard InChI is InChI=1S/C26H26F2N2O4S/c27-22-5-1-20(2-6-22)18-34-24-9-3-19(4-10-24)17-29-26(31)21-13-15-30(16-14-21)35(32,33)25-11-7-23(28)8-12-25/h1-12,21H,13-18H2,(H,29,31). The van der Waals surface area contributed by atoms with Crippen molar-refractivity contribution in [3.05, 3.63) is 95.6 Å². The van der Waals surface area contributed by atoms with E-state index in [1.807, 2.05) is 24.3 Å². The van der Waals surface area contributed by atoms with Gasteiger partial charge in [-0.25, -0.2) is 17.2 Å². The van der Waals surface area contributed by atoms with Crippen LogP contribution in [0.3, 0.4) is 0 Å². The third-order valence-electron chi connectivity index (χ3n) is 5.98. The average molecular weight is 501 g/mol. The zero-order valence-corrected chi connectivity index (χ0v) is 19.8. The molecule has 0 aliphatic carbocycles. The molecule has 0 atom stereocenters. The van der Waals surface area contributed by atoms with Gasteiger partial charge in [-0.1, -0.05) is 24.3 Å². The maximum atomic E-state index is 13.1. The Kier molecular flexibility index (Phi) is 7.77. The fourth-order valence-corrected chi connectivity index (χ4v) is 5.37. The molecule has 0 aromatic heterocycles. The summed E-state index contributed by atoms with van der Waals surface area (Å²) in [5.74, 6) is -0.500. The number of piperidine rings is 1. The molecule has 1 aliphatic heterocycles. The Bertz CT molecular complexity index is 1240. The number of hydrogen-bond donors (Lipinski definition) is 1. The first-order valence-electron chi connectivity index (χ1n) is 11.3. The van der Waals surface area contributed by atoms with E-state index < -0.39 is 15.8 Å². The van der Waals surface area contributed by atoms with Crippen molar-refractivity contribution in [1.82, 2.24) is 9.62 Å². The topological polar surface area (TPSA) is 75.7 Å². The summed E-state index contributed by atoms with van der Waals surface area (Å²) in [6.07, 6.45) is 0.838. The highest BCUT2D eigenvalue weighted by Crippen LogP contribution is 2.24. The minimum Gasteiger partial charge on any atom is -0.489 e. The van der Waals surface area contributed by atoms with Crippen LogP contribution in [0.1, 0.15) is 24.0 Å². The van der Waals surface area contributed by atoms with Crippen molar-refractivity contribution in [3.8, 4) is 5.75 Å². The molecule has 35 heavy (non-hydrogen) atoms. The number of amides is 1. The quantitative estimate of drug-likeness (QED) is 0.502. The second kappa shape index (κ2) is 11.0. The summed E-state index contributed by atoms with van der Waals surface area (Å²) < 4.78 is 58.6. The maximum Gasteiger partial charge on any atom is 0.243 e. The molecule has 1 fully saturated rings. The van der Waals surface area contributed by atoms with Crippen molar-refractivity contribution < 1.29 is 26.7 Å². The molecule has 1 N–H and O–H groups in total. The lowest BCUT2D eigenvalue weighted by molar-refractivity contribution is -0.126. The first kappa shape index (κ1) is 24.8. The van der Waals surface area contributed by atoms with Crippen LogP contribution in [0.25, 0.3) is 0 Å². The van der Waals surface area contributed by atoms with Crippen LogP contribution in [0.2, 0.25) is 0 Å². The molecule has 3 aromatic rings. The monoisotopic (exact) mass is 500 g/mol. The molecule has 9 heteroatoms. The molecule has 1 aliphatic rings. The molecular weight excluding hydrogens is 474 g/mol. The molecule has 0 saturated carbocycles. The van der Waals surface area contributed by atoms with Crippen molar-refractivity contribution in [3.63, 3.8) is 0 Å². The highest BCUT2D eigenvalue weighted by atomic mass is 32.2. The van der Waals surface area contributed by atoms with E-state index in [1.54, 1.807) is 12.1 Å². The fraction of sp³-hybridized carbons (Fsp3) is 0.269. The SMILES string of the molecule is O=C(NCc1ccc(OCc2ccc(F)cc2)cc1)C1CCN(S(=O)(=O)c2ccc(F)cc2)CC1. The van der Waals surface area contributed by atoms with Crippen molar-refractivity contribution in [2.75, 3.05) is 13.1 Å². The van der Waals surface area contributed by atoms with Crippen LogP contribution in [-0.2, 0) is 28.0 Å². The highest BCUT2D eigenvalue weighted by molar-refractivity contribution is 7.89. The molecule has 0 unspecified atom stereocenters. The minimum absolute atomic E-state index is 0.0480. The van der Waals surface area contributed by atoms with Crippen molar-refractivity contribution >= 4 is 15.9 Å². The van der Waals surface area contributed by atoms with Crippen LogP contribution in [0.15, 0.2) is 77.7 Å². The molecular formula is C26H26F2N2O4S.